The summed E-state index contributed by atoms with van der Waals surface area (Å²) in [5.41, 5.74) is 0.997. The van der Waals surface area contributed by atoms with E-state index in [0.29, 0.717) is 13.1 Å². The van der Waals surface area contributed by atoms with Crippen LogP contribution in [0.2, 0.25) is 0 Å². The highest BCUT2D eigenvalue weighted by molar-refractivity contribution is 5.78. The van der Waals surface area contributed by atoms with Crippen molar-refractivity contribution in [1.29, 1.82) is 0 Å². The van der Waals surface area contributed by atoms with E-state index in [1.807, 2.05) is 35.2 Å². The molecule has 36 heavy (non-hydrogen) atoms. The van der Waals surface area contributed by atoms with E-state index < -0.39 is 17.9 Å². The first-order valence-electron chi connectivity index (χ1n) is 11.7. The second-order valence-electron chi connectivity index (χ2n) is 7.85. The molecule has 0 saturated heterocycles. The number of carbonyl (C=O) groups is 4. The fourth-order valence-electron chi connectivity index (χ4n) is 3.04. The van der Waals surface area contributed by atoms with E-state index in [2.05, 4.69) is 0 Å². The molecule has 3 N–H and O–H groups in total. The Balaban J connectivity index is 2.69. The highest BCUT2D eigenvalue weighted by Crippen LogP contribution is 2.06. The summed E-state index contributed by atoms with van der Waals surface area (Å²) in [5, 5.41) is 26.2. The molecular formula is C24H36N2O10. The summed E-state index contributed by atoms with van der Waals surface area (Å²) in [4.78, 5) is 48.5. The number of benzene rings is 1. The molecule has 0 saturated carbocycles. The zero-order chi connectivity index (χ0) is 26.6. The van der Waals surface area contributed by atoms with E-state index in [4.69, 9.17) is 29.5 Å². The van der Waals surface area contributed by atoms with Crippen molar-refractivity contribution < 1.29 is 48.7 Å². The maximum absolute atomic E-state index is 13.1. The summed E-state index contributed by atoms with van der Waals surface area (Å²) in [7, 11) is 0. The topological polar surface area (TPSA) is 163 Å². The van der Waals surface area contributed by atoms with Gasteiger partial charge in [-0.1, -0.05) is 30.3 Å². The zero-order valence-electron chi connectivity index (χ0n) is 20.4. The first-order valence-corrected chi connectivity index (χ1v) is 11.7. The molecule has 1 aromatic carbocycles. The Hall–Kier alpha value is -3.06. The van der Waals surface area contributed by atoms with Gasteiger partial charge in [-0.25, -0.2) is 0 Å². The van der Waals surface area contributed by atoms with Crippen LogP contribution >= 0.6 is 0 Å². The molecule has 12 heteroatoms. The third-order valence-corrected chi connectivity index (χ3v) is 4.90. The van der Waals surface area contributed by atoms with Crippen molar-refractivity contribution in [3.8, 4) is 0 Å². The lowest BCUT2D eigenvalue weighted by molar-refractivity contribution is -0.140. The van der Waals surface area contributed by atoms with Crippen LogP contribution in [0.4, 0.5) is 0 Å². The Morgan fingerprint density at radius 3 is 1.53 bits per heavy atom. The zero-order valence-corrected chi connectivity index (χ0v) is 20.4. The van der Waals surface area contributed by atoms with Gasteiger partial charge in [-0.3, -0.25) is 24.1 Å². The molecule has 0 aliphatic carbocycles. The summed E-state index contributed by atoms with van der Waals surface area (Å²) < 4.78 is 16.0. The van der Waals surface area contributed by atoms with E-state index in [1.54, 1.807) is 0 Å². The molecule has 12 nitrogen and oxygen atoms in total. The van der Waals surface area contributed by atoms with Crippen LogP contribution in [-0.4, -0.2) is 115 Å². The van der Waals surface area contributed by atoms with Gasteiger partial charge in [0.15, 0.2) is 0 Å². The van der Waals surface area contributed by atoms with Crippen LogP contribution in [0.1, 0.15) is 24.8 Å². The quantitative estimate of drug-likeness (QED) is 0.188. The van der Waals surface area contributed by atoms with Crippen molar-refractivity contribution in [2.75, 3.05) is 65.8 Å². The van der Waals surface area contributed by atoms with Gasteiger partial charge in [0.2, 0.25) is 5.91 Å². The van der Waals surface area contributed by atoms with Crippen molar-refractivity contribution in [2.24, 2.45) is 0 Å². The van der Waals surface area contributed by atoms with Gasteiger partial charge in [0.1, 0.15) is 0 Å². The Morgan fingerprint density at radius 1 is 0.639 bits per heavy atom. The molecule has 0 aromatic heterocycles. The van der Waals surface area contributed by atoms with E-state index in [9.17, 15) is 19.2 Å². The molecule has 1 amide bonds. The molecule has 0 aliphatic rings. The number of rotatable bonds is 22. The van der Waals surface area contributed by atoms with Gasteiger partial charge >= 0.3 is 17.9 Å². The van der Waals surface area contributed by atoms with Gasteiger partial charge in [0.25, 0.3) is 0 Å². The lowest BCUT2D eigenvalue weighted by Crippen LogP contribution is -2.44. The monoisotopic (exact) mass is 512 g/mol. The molecular weight excluding hydrogens is 476 g/mol. The number of nitrogens with zero attached hydrogens (tertiary/aromatic N) is 2. The molecule has 0 fully saturated rings. The van der Waals surface area contributed by atoms with Gasteiger partial charge in [-0.15, -0.1) is 0 Å². The van der Waals surface area contributed by atoms with Crippen LogP contribution < -0.4 is 0 Å². The van der Waals surface area contributed by atoms with Gasteiger partial charge < -0.3 is 34.4 Å². The number of carboxylic acids is 3. The maximum Gasteiger partial charge on any atom is 0.305 e. The second-order valence-corrected chi connectivity index (χ2v) is 7.85. The number of aliphatic carboxylic acids is 3. The summed E-state index contributed by atoms with van der Waals surface area (Å²) in [6, 6.07) is 9.56. The second kappa shape index (κ2) is 19.2. The lowest BCUT2D eigenvalue weighted by atomic mass is 10.2. The molecule has 0 aliphatic heterocycles. The standard InChI is InChI=1S/C24H36N2O10/c27-21(26(10-16-35-13-7-23(30)31)11-17-36-14-8-24(32)33)19-25(9-15-34-12-6-22(28)29)18-20-4-2-1-3-5-20/h1-5H,6-19H2,(H,28,29)(H,30,31)(H,32,33). The minimum atomic E-state index is -0.975. The molecule has 1 aromatic rings. The third-order valence-electron chi connectivity index (χ3n) is 4.90. The Kier molecular flexibility index (Phi) is 16.5. The molecule has 0 spiro atoms. The van der Waals surface area contributed by atoms with E-state index in [1.165, 1.54) is 4.90 Å². The van der Waals surface area contributed by atoms with Crippen LogP contribution in [0.3, 0.4) is 0 Å². The predicted molar refractivity (Wildman–Crippen MR) is 128 cm³/mol. The number of ether oxygens (including phenoxy) is 3. The Bertz CT molecular complexity index is 766. The SMILES string of the molecule is O=C(O)CCOCCN(CC(=O)N(CCOCCC(=O)O)CCOCCC(=O)O)Cc1ccccc1. The van der Waals surface area contributed by atoms with Crippen LogP contribution in [0.15, 0.2) is 30.3 Å². The minimum absolute atomic E-state index is 0.0281. The first-order chi connectivity index (χ1) is 17.3. The molecule has 0 atom stereocenters. The molecule has 0 bridgehead atoms. The normalized spacial score (nSPS) is 10.9. The fraction of sp³-hybridized carbons (Fsp3) is 0.583. The van der Waals surface area contributed by atoms with Gasteiger partial charge in [0, 0.05) is 26.2 Å². The maximum atomic E-state index is 13.1. The van der Waals surface area contributed by atoms with Gasteiger partial charge in [-0.05, 0) is 5.56 Å². The number of carbonyl (C=O) groups excluding carboxylic acids is 1. The van der Waals surface area contributed by atoms with Crippen molar-refractivity contribution in [3.05, 3.63) is 35.9 Å². The van der Waals surface area contributed by atoms with E-state index >= 15 is 0 Å². The number of amides is 1. The van der Waals surface area contributed by atoms with Crippen molar-refractivity contribution in [3.63, 3.8) is 0 Å². The highest BCUT2D eigenvalue weighted by atomic mass is 16.5. The summed E-state index contributed by atoms with van der Waals surface area (Å²) in [6.45, 7) is 2.05. The molecule has 202 valence electrons. The van der Waals surface area contributed by atoms with Crippen LogP contribution in [0.5, 0.6) is 0 Å². The van der Waals surface area contributed by atoms with Crippen molar-refractivity contribution >= 4 is 23.8 Å². The van der Waals surface area contributed by atoms with E-state index in [0.717, 1.165) is 5.56 Å². The third kappa shape index (κ3) is 16.5. The fourth-order valence-corrected chi connectivity index (χ4v) is 3.04. The van der Waals surface area contributed by atoms with Crippen molar-refractivity contribution in [1.82, 2.24) is 9.80 Å². The minimum Gasteiger partial charge on any atom is -0.481 e. The summed E-state index contributed by atoms with van der Waals surface area (Å²) >= 11 is 0. The Labute approximate surface area is 210 Å². The average Bonchev–Trinajstić information content (AvgIpc) is 2.82. The molecule has 0 heterocycles. The van der Waals surface area contributed by atoms with Gasteiger partial charge in [-0.2, -0.15) is 0 Å². The van der Waals surface area contributed by atoms with Crippen LogP contribution in [0, 0.1) is 0 Å². The first kappa shape index (κ1) is 31.0. The van der Waals surface area contributed by atoms with Crippen LogP contribution in [0.25, 0.3) is 0 Å². The number of hydrogen-bond acceptors (Lipinski definition) is 8. The highest BCUT2D eigenvalue weighted by Gasteiger charge is 2.18. The lowest BCUT2D eigenvalue weighted by Gasteiger charge is -2.27. The number of hydrogen-bond donors (Lipinski definition) is 3. The Morgan fingerprint density at radius 2 is 1.08 bits per heavy atom. The van der Waals surface area contributed by atoms with Crippen LogP contribution in [-0.2, 0) is 39.9 Å². The molecule has 0 unspecified atom stereocenters. The summed E-state index contributed by atoms with van der Waals surface area (Å²) in [6.07, 6.45) is -0.382. The van der Waals surface area contributed by atoms with Gasteiger partial charge in [0.05, 0.1) is 65.4 Å². The number of carboxylic acid groups (broad SMARTS) is 3. The molecule has 0 radical (unpaired) electrons. The van der Waals surface area contributed by atoms with E-state index in [-0.39, 0.29) is 84.4 Å². The smallest absolute Gasteiger partial charge is 0.305 e. The summed E-state index contributed by atoms with van der Waals surface area (Å²) in [5.74, 6) is -3.10. The molecule has 1 rings (SSSR count). The largest absolute Gasteiger partial charge is 0.481 e. The average molecular weight is 513 g/mol. The van der Waals surface area contributed by atoms with Crippen molar-refractivity contribution in [2.45, 2.75) is 25.8 Å². The predicted octanol–water partition coefficient (Wildman–Crippen LogP) is 0.791.